The molecule has 0 atom stereocenters. The molecule has 0 aliphatic carbocycles. The van der Waals surface area contributed by atoms with Gasteiger partial charge in [-0.1, -0.05) is 36.4 Å². The standard InChI is InChI=1S/C16H12BrNO/c1-10-7-8-12-14(19)9-13(18-16(12)15(10)17)11-5-3-2-4-6-11/h2-9H,1H3,(H,18,19). The highest BCUT2D eigenvalue weighted by Crippen LogP contribution is 2.26. The van der Waals surface area contributed by atoms with Gasteiger partial charge >= 0.3 is 0 Å². The van der Waals surface area contributed by atoms with Gasteiger partial charge in [0.25, 0.3) is 0 Å². The number of pyridine rings is 1. The molecule has 0 aliphatic rings. The fraction of sp³-hybridized carbons (Fsp3) is 0.0625. The topological polar surface area (TPSA) is 32.9 Å². The third-order valence-electron chi connectivity index (χ3n) is 3.22. The molecule has 0 spiro atoms. The zero-order chi connectivity index (χ0) is 13.4. The zero-order valence-corrected chi connectivity index (χ0v) is 12.0. The lowest BCUT2D eigenvalue weighted by atomic mass is 10.1. The van der Waals surface area contributed by atoms with Crippen LogP contribution in [-0.4, -0.2) is 4.98 Å². The van der Waals surface area contributed by atoms with Crippen LogP contribution in [0.4, 0.5) is 0 Å². The first-order chi connectivity index (χ1) is 9.16. The monoisotopic (exact) mass is 313 g/mol. The van der Waals surface area contributed by atoms with Crippen molar-refractivity contribution in [2.24, 2.45) is 0 Å². The predicted octanol–water partition coefficient (Wildman–Crippen LogP) is 4.27. The average Bonchev–Trinajstić information content (AvgIpc) is 2.44. The summed E-state index contributed by atoms with van der Waals surface area (Å²) in [6, 6.07) is 15.3. The number of hydrogen-bond acceptors (Lipinski definition) is 1. The number of aryl methyl sites for hydroxylation is 1. The van der Waals surface area contributed by atoms with Crippen LogP contribution in [0, 0.1) is 6.92 Å². The van der Waals surface area contributed by atoms with Crippen LogP contribution in [0.15, 0.2) is 57.8 Å². The van der Waals surface area contributed by atoms with E-state index in [-0.39, 0.29) is 5.43 Å². The number of halogens is 1. The first-order valence-corrected chi connectivity index (χ1v) is 6.83. The van der Waals surface area contributed by atoms with Gasteiger partial charge in [-0.2, -0.15) is 0 Å². The maximum Gasteiger partial charge on any atom is 0.190 e. The lowest BCUT2D eigenvalue weighted by molar-refractivity contribution is 1.34. The van der Waals surface area contributed by atoms with Gasteiger partial charge in [0.15, 0.2) is 5.43 Å². The van der Waals surface area contributed by atoms with Crippen LogP contribution < -0.4 is 5.43 Å². The van der Waals surface area contributed by atoms with Gasteiger partial charge < -0.3 is 4.98 Å². The molecule has 1 aromatic heterocycles. The van der Waals surface area contributed by atoms with Crippen LogP contribution in [0.25, 0.3) is 22.2 Å². The highest BCUT2D eigenvalue weighted by Gasteiger charge is 2.08. The second-order valence-electron chi connectivity index (χ2n) is 4.53. The van der Waals surface area contributed by atoms with E-state index >= 15 is 0 Å². The smallest absolute Gasteiger partial charge is 0.190 e. The number of rotatable bonds is 1. The van der Waals surface area contributed by atoms with E-state index in [4.69, 9.17) is 0 Å². The number of hydrogen-bond donors (Lipinski definition) is 1. The molecular weight excluding hydrogens is 302 g/mol. The SMILES string of the molecule is Cc1ccc2c(=O)cc(-c3ccccc3)[nH]c2c1Br. The van der Waals surface area contributed by atoms with E-state index in [1.165, 1.54) is 0 Å². The third kappa shape index (κ3) is 2.10. The summed E-state index contributed by atoms with van der Waals surface area (Å²) in [5, 5.41) is 0.706. The Hall–Kier alpha value is -1.87. The molecule has 0 bridgehead atoms. The first kappa shape index (κ1) is 12.2. The van der Waals surface area contributed by atoms with E-state index in [0.29, 0.717) is 5.39 Å². The number of aromatic amines is 1. The van der Waals surface area contributed by atoms with E-state index in [2.05, 4.69) is 20.9 Å². The molecule has 3 rings (SSSR count). The highest BCUT2D eigenvalue weighted by molar-refractivity contribution is 9.10. The molecule has 19 heavy (non-hydrogen) atoms. The van der Waals surface area contributed by atoms with Gasteiger partial charge in [0, 0.05) is 21.6 Å². The molecule has 0 radical (unpaired) electrons. The molecule has 3 aromatic rings. The summed E-state index contributed by atoms with van der Waals surface area (Å²) in [6.45, 7) is 2.01. The minimum atomic E-state index is 0.0355. The predicted molar refractivity (Wildman–Crippen MR) is 82.4 cm³/mol. The molecular formula is C16H12BrNO. The fourth-order valence-electron chi connectivity index (χ4n) is 2.16. The Morgan fingerprint density at radius 3 is 2.53 bits per heavy atom. The molecule has 0 fully saturated rings. The average molecular weight is 314 g/mol. The van der Waals surface area contributed by atoms with Crippen molar-refractivity contribution in [3.8, 4) is 11.3 Å². The molecule has 1 N–H and O–H groups in total. The van der Waals surface area contributed by atoms with Gasteiger partial charge in [-0.05, 0) is 40.0 Å². The molecule has 0 saturated heterocycles. The summed E-state index contributed by atoms with van der Waals surface area (Å²) in [5.41, 5.74) is 3.84. The molecule has 1 heterocycles. The molecule has 0 unspecified atom stereocenters. The molecule has 0 saturated carbocycles. The Balaban J connectivity index is 2.36. The quantitative estimate of drug-likeness (QED) is 0.715. The summed E-state index contributed by atoms with van der Waals surface area (Å²) in [6.07, 6.45) is 0. The van der Waals surface area contributed by atoms with Gasteiger partial charge in [-0.25, -0.2) is 0 Å². The molecule has 0 amide bonds. The Morgan fingerprint density at radius 1 is 1.05 bits per heavy atom. The van der Waals surface area contributed by atoms with Crippen molar-refractivity contribution >= 4 is 26.8 Å². The Labute approximate surface area is 119 Å². The van der Waals surface area contributed by atoms with E-state index in [0.717, 1.165) is 26.8 Å². The van der Waals surface area contributed by atoms with Gasteiger partial charge in [-0.3, -0.25) is 4.79 Å². The molecule has 2 aromatic carbocycles. The summed E-state index contributed by atoms with van der Waals surface area (Å²) < 4.78 is 0.944. The molecule has 3 heteroatoms. The molecule has 94 valence electrons. The fourth-order valence-corrected chi connectivity index (χ4v) is 2.61. The van der Waals surface area contributed by atoms with E-state index in [9.17, 15) is 4.79 Å². The van der Waals surface area contributed by atoms with Crippen molar-refractivity contribution in [3.63, 3.8) is 0 Å². The molecule has 0 aliphatic heterocycles. The highest BCUT2D eigenvalue weighted by atomic mass is 79.9. The third-order valence-corrected chi connectivity index (χ3v) is 4.24. The largest absolute Gasteiger partial charge is 0.353 e. The number of nitrogens with one attached hydrogen (secondary N) is 1. The van der Waals surface area contributed by atoms with Gasteiger partial charge in [-0.15, -0.1) is 0 Å². The normalized spacial score (nSPS) is 10.8. The number of H-pyrrole nitrogens is 1. The van der Waals surface area contributed by atoms with Crippen molar-refractivity contribution < 1.29 is 0 Å². The minimum Gasteiger partial charge on any atom is -0.353 e. The van der Waals surface area contributed by atoms with Crippen LogP contribution in [0.3, 0.4) is 0 Å². The van der Waals surface area contributed by atoms with Crippen LogP contribution >= 0.6 is 15.9 Å². The second kappa shape index (κ2) is 4.67. The Bertz CT molecular complexity index is 806. The second-order valence-corrected chi connectivity index (χ2v) is 5.33. The summed E-state index contributed by atoms with van der Waals surface area (Å²) in [5.74, 6) is 0. The van der Waals surface area contributed by atoms with Crippen molar-refractivity contribution in [1.29, 1.82) is 0 Å². The van der Waals surface area contributed by atoms with Crippen molar-refractivity contribution in [2.45, 2.75) is 6.92 Å². The summed E-state index contributed by atoms with van der Waals surface area (Å²) in [7, 11) is 0. The van der Waals surface area contributed by atoms with Crippen LogP contribution in [0.5, 0.6) is 0 Å². The number of aromatic nitrogens is 1. The van der Waals surface area contributed by atoms with E-state index in [1.54, 1.807) is 6.07 Å². The maximum absolute atomic E-state index is 12.2. The van der Waals surface area contributed by atoms with Crippen molar-refractivity contribution in [2.75, 3.05) is 0 Å². The minimum absolute atomic E-state index is 0.0355. The summed E-state index contributed by atoms with van der Waals surface area (Å²) in [4.78, 5) is 15.5. The van der Waals surface area contributed by atoms with Gasteiger partial charge in [0.1, 0.15) is 0 Å². The maximum atomic E-state index is 12.2. The first-order valence-electron chi connectivity index (χ1n) is 6.04. The lowest BCUT2D eigenvalue weighted by Crippen LogP contribution is -2.03. The van der Waals surface area contributed by atoms with E-state index in [1.807, 2.05) is 49.4 Å². The van der Waals surface area contributed by atoms with Crippen LogP contribution in [0.1, 0.15) is 5.56 Å². The Kier molecular flexibility index (Phi) is 2.99. The van der Waals surface area contributed by atoms with Crippen molar-refractivity contribution in [1.82, 2.24) is 4.98 Å². The lowest BCUT2D eigenvalue weighted by Gasteiger charge is -2.07. The van der Waals surface area contributed by atoms with Gasteiger partial charge in [0.05, 0.1) is 5.52 Å². The zero-order valence-electron chi connectivity index (χ0n) is 10.4. The molecule has 2 nitrogen and oxygen atoms in total. The van der Waals surface area contributed by atoms with Crippen LogP contribution in [0.2, 0.25) is 0 Å². The van der Waals surface area contributed by atoms with E-state index < -0.39 is 0 Å². The Morgan fingerprint density at radius 2 is 1.79 bits per heavy atom. The summed E-state index contributed by atoms with van der Waals surface area (Å²) >= 11 is 3.55. The number of benzene rings is 2. The number of fused-ring (bicyclic) bond motifs is 1. The van der Waals surface area contributed by atoms with Gasteiger partial charge in [0.2, 0.25) is 0 Å². The van der Waals surface area contributed by atoms with Crippen LogP contribution in [-0.2, 0) is 0 Å². The van der Waals surface area contributed by atoms with Crippen molar-refractivity contribution in [3.05, 3.63) is 68.8 Å².